The maximum Gasteiger partial charge on any atom is 0.178 e. The van der Waals surface area contributed by atoms with Gasteiger partial charge in [-0.3, -0.25) is 0 Å². The Morgan fingerprint density at radius 3 is 2.29 bits per heavy atom. The standard InChI is InChI=1S/C12H13NO/c1-8-4-9(2)6-10(5-8)12(3)11(7-13)14-12/h4-6,11H,1-3H3. The molecule has 0 aromatic heterocycles. The summed E-state index contributed by atoms with van der Waals surface area (Å²) in [6.45, 7) is 6.09. The molecule has 2 atom stereocenters. The Morgan fingerprint density at radius 1 is 1.29 bits per heavy atom. The van der Waals surface area contributed by atoms with Gasteiger partial charge in [0.25, 0.3) is 0 Å². The fraction of sp³-hybridized carbons (Fsp3) is 0.417. The summed E-state index contributed by atoms with van der Waals surface area (Å²) >= 11 is 0. The summed E-state index contributed by atoms with van der Waals surface area (Å²) in [6.07, 6.45) is -0.274. The molecule has 2 rings (SSSR count). The molecule has 0 aliphatic carbocycles. The average Bonchev–Trinajstić information content (AvgIpc) is 2.77. The number of nitriles is 1. The van der Waals surface area contributed by atoms with Gasteiger partial charge in [0.2, 0.25) is 0 Å². The van der Waals surface area contributed by atoms with Gasteiger partial charge in [-0.15, -0.1) is 0 Å². The zero-order valence-electron chi connectivity index (χ0n) is 8.66. The maximum atomic E-state index is 8.77. The van der Waals surface area contributed by atoms with Crippen LogP contribution < -0.4 is 0 Å². The fourth-order valence-electron chi connectivity index (χ4n) is 1.84. The third kappa shape index (κ3) is 1.30. The van der Waals surface area contributed by atoms with Gasteiger partial charge < -0.3 is 4.74 Å². The van der Waals surface area contributed by atoms with Crippen molar-refractivity contribution in [1.82, 2.24) is 0 Å². The zero-order chi connectivity index (χ0) is 10.3. The molecule has 1 heterocycles. The number of epoxide rings is 1. The molecule has 1 saturated heterocycles. The molecular formula is C12H13NO. The molecule has 2 heteroatoms. The predicted molar refractivity (Wildman–Crippen MR) is 53.8 cm³/mol. The largest absolute Gasteiger partial charge is 0.345 e. The number of hydrogen-bond donors (Lipinski definition) is 0. The third-order valence-corrected chi connectivity index (χ3v) is 2.72. The topological polar surface area (TPSA) is 36.3 Å². The molecule has 0 amide bonds. The van der Waals surface area contributed by atoms with Crippen molar-refractivity contribution in [3.05, 3.63) is 34.9 Å². The van der Waals surface area contributed by atoms with Gasteiger partial charge in [0.1, 0.15) is 5.60 Å². The van der Waals surface area contributed by atoms with Gasteiger partial charge in [-0.2, -0.15) is 5.26 Å². The van der Waals surface area contributed by atoms with E-state index in [-0.39, 0.29) is 11.7 Å². The number of benzene rings is 1. The van der Waals surface area contributed by atoms with Crippen LogP contribution in [0.2, 0.25) is 0 Å². The van der Waals surface area contributed by atoms with Crippen LogP contribution in [0, 0.1) is 25.2 Å². The van der Waals surface area contributed by atoms with E-state index in [2.05, 4.69) is 38.1 Å². The first-order valence-corrected chi connectivity index (χ1v) is 4.72. The summed E-state index contributed by atoms with van der Waals surface area (Å²) in [6, 6.07) is 8.44. The Labute approximate surface area is 84.1 Å². The second-order valence-electron chi connectivity index (χ2n) is 4.11. The molecule has 0 saturated carbocycles. The minimum absolute atomic E-state index is 0.274. The summed E-state index contributed by atoms with van der Waals surface area (Å²) in [5.74, 6) is 0. The van der Waals surface area contributed by atoms with E-state index >= 15 is 0 Å². The molecule has 1 aromatic rings. The van der Waals surface area contributed by atoms with E-state index in [0.717, 1.165) is 5.56 Å². The Hall–Kier alpha value is -1.33. The van der Waals surface area contributed by atoms with Crippen LogP contribution in [0.5, 0.6) is 0 Å². The van der Waals surface area contributed by atoms with Gasteiger partial charge in [-0.25, -0.2) is 0 Å². The average molecular weight is 187 g/mol. The molecule has 2 nitrogen and oxygen atoms in total. The minimum Gasteiger partial charge on any atom is -0.345 e. The van der Waals surface area contributed by atoms with E-state index in [0.29, 0.717) is 0 Å². The molecule has 2 unspecified atom stereocenters. The highest BCUT2D eigenvalue weighted by Crippen LogP contribution is 2.45. The van der Waals surface area contributed by atoms with Crippen molar-refractivity contribution >= 4 is 0 Å². The smallest absolute Gasteiger partial charge is 0.178 e. The summed E-state index contributed by atoms with van der Waals surface area (Å²) < 4.78 is 5.39. The Morgan fingerprint density at radius 2 is 1.86 bits per heavy atom. The third-order valence-electron chi connectivity index (χ3n) is 2.72. The number of rotatable bonds is 1. The Balaban J connectivity index is 2.40. The lowest BCUT2D eigenvalue weighted by Gasteiger charge is -2.08. The van der Waals surface area contributed by atoms with Crippen LogP contribution in [0.15, 0.2) is 18.2 Å². The quantitative estimate of drug-likeness (QED) is 0.633. The lowest BCUT2D eigenvalue weighted by atomic mass is 9.94. The van der Waals surface area contributed by atoms with E-state index in [9.17, 15) is 0 Å². The lowest BCUT2D eigenvalue weighted by molar-refractivity contribution is 0.321. The SMILES string of the molecule is Cc1cc(C)cc(C2(C)OC2C#N)c1. The summed E-state index contributed by atoms with van der Waals surface area (Å²) in [7, 11) is 0. The Bertz CT molecular complexity index is 399. The molecule has 1 fully saturated rings. The molecule has 1 aliphatic heterocycles. The van der Waals surface area contributed by atoms with Crippen molar-refractivity contribution in [2.24, 2.45) is 0 Å². The van der Waals surface area contributed by atoms with Crippen molar-refractivity contribution in [3.63, 3.8) is 0 Å². The second kappa shape index (κ2) is 2.83. The minimum atomic E-state index is -0.370. The monoisotopic (exact) mass is 187 g/mol. The highest BCUT2D eigenvalue weighted by molar-refractivity contribution is 5.37. The van der Waals surface area contributed by atoms with Gasteiger partial charge in [0, 0.05) is 0 Å². The number of nitrogens with zero attached hydrogens (tertiary/aromatic N) is 1. The lowest BCUT2D eigenvalue weighted by Crippen LogP contribution is -2.07. The van der Waals surface area contributed by atoms with Crippen molar-refractivity contribution in [3.8, 4) is 6.07 Å². The van der Waals surface area contributed by atoms with E-state index in [4.69, 9.17) is 10.00 Å². The summed E-state index contributed by atoms with van der Waals surface area (Å²) in [5, 5.41) is 8.77. The second-order valence-corrected chi connectivity index (χ2v) is 4.11. The highest BCUT2D eigenvalue weighted by Gasteiger charge is 2.54. The molecule has 14 heavy (non-hydrogen) atoms. The van der Waals surface area contributed by atoms with Crippen LogP contribution in [0.4, 0.5) is 0 Å². The number of aryl methyl sites for hydroxylation is 2. The Kier molecular flexibility index (Phi) is 1.87. The normalized spacial score (nSPS) is 29.7. The van der Waals surface area contributed by atoms with Gasteiger partial charge >= 0.3 is 0 Å². The van der Waals surface area contributed by atoms with Crippen molar-refractivity contribution in [2.75, 3.05) is 0 Å². The molecule has 0 radical (unpaired) electrons. The van der Waals surface area contributed by atoms with Crippen LogP contribution in [-0.2, 0) is 10.3 Å². The molecule has 72 valence electrons. The molecule has 0 spiro atoms. The van der Waals surface area contributed by atoms with E-state index < -0.39 is 0 Å². The molecule has 0 bridgehead atoms. The summed E-state index contributed by atoms with van der Waals surface area (Å²) in [5.41, 5.74) is 3.18. The van der Waals surface area contributed by atoms with Crippen LogP contribution in [0.3, 0.4) is 0 Å². The summed E-state index contributed by atoms with van der Waals surface area (Å²) in [4.78, 5) is 0. The first-order valence-electron chi connectivity index (χ1n) is 4.72. The van der Waals surface area contributed by atoms with Gasteiger partial charge in [-0.05, 0) is 26.3 Å². The number of hydrogen-bond acceptors (Lipinski definition) is 2. The van der Waals surface area contributed by atoms with Gasteiger partial charge in [0.15, 0.2) is 6.10 Å². The first kappa shape index (κ1) is 9.23. The van der Waals surface area contributed by atoms with Gasteiger partial charge in [0.05, 0.1) is 6.07 Å². The molecular weight excluding hydrogens is 174 g/mol. The highest BCUT2D eigenvalue weighted by atomic mass is 16.6. The van der Waals surface area contributed by atoms with Crippen LogP contribution in [0.25, 0.3) is 0 Å². The van der Waals surface area contributed by atoms with Crippen LogP contribution in [0.1, 0.15) is 23.6 Å². The van der Waals surface area contributed by atoms with Crippen LogP contribution in [-0.4, -0.2) is 6.10 Å². The van der Waals surface area contributed by atoms with Crippen molar-refractivity contribution in [2.45, 2.75) is 32.5 Å². The van der Waals surface area contributed by atoms with Crippen LogP contribution >= 0.6 is 0 Å². The van der Waals surface area contributed by atoms with E-state index in [1.54, 1.807) is 0 Å². The molecule has 1 aliphatic rings. The van der Waals surface area contributed by atoms with E-state index in [1.165, 1.54) is 11.1 Å². The van der Waals surface area contributed by atoms with Gasteiger partial charge in [-0.1, -0.05) is 29.3 Å². The fourth-order valence-corrected chi connectivity index (χ4v) is 1.84. The van der Waals surface area contributed by atoms with Crippen molar-refractivity contribution < 1.29 is 4.74 Å². The molecule has 1 aromatic carbocycles. The molecule has 0 N–H and O–H groups in total. The first-order chi connectivity index (χ1) is 6.56. The zero-order valence-corrected chi connectivity index (χ0v) is 8.66. The maximum absolute atomic E-state index is 8.77. The van der Waals surface area contributed by atoms with Crippen molar-refractivity contribution in [1.29, 1.82) is 5.26 Å². The number of ether oxygens (including phenoxy) is 1. The van der Waals surface area contributed by atoms with E-state index in [1.807, 2.05) is 6.92 Å². The predicted octanol–water partition coefficient (Wildman–Crippen LogP) is 2.44.